The van der Waals surface area contributed by atoms with Crippen LogP contribution in [0.15, 0.2) is 108 Å². The summed E-state index contributed by atoms with van der Waals surface area (Å²) in [5.74, 6) is -3.06. The summed E-state index contributed by atoms with van der Waals surface area (Å²) in [5.41, 5.74) is 2.66. The van der Waals surface area contributed by atoms with Gasteiger partial charge in [-0.05, 0) is 156 Å². The van der Waals surface area contributed by atoms with Crippen LogP contribution in [0.3, 0.4) is 0 Å². The Morgan fingerprint density at radius 2 is 1.56 bits per heavy atom. The van der Waals surface area contributed by atoms with Gasteiger partial charge in [0.05, 0.1) is 47.4 Å². The summed E-state index contributed by atoms with van der Waals surface area (Å²) in [6, 6.07) is 26.9. The molecule has 2 saturated carbocycles. The minimum atomic E-state index is -4.99. The van der Waals surface area contributed by atoms with Gasteiger partial charge in [0.15, 0.2) is 11.6 Å². The molecular weight excluding hydrogens is 1410 g/mol. The van der Waals surface area contributed by atoms with E-state index in [0.717, 1.165) is 75.8 Å². The molecule has 576 valence electrons. The van der Waals surface area contributed by atoms with Crippen LogP contribution < -0.4 is 45.1 Å². The Morgan fingerprint density at radius 3 is 2.23 bits per heavy atom. The summed E-state index contributed by atoms with van der Waals surface area (Å²) in [4.78, 5) is 115. The van der Waals surface area contributed by atoms with Crippen molar-refractivity contribution in [2.24, 2.45) is 11.3 Å². The van der Waals surface area contributed by atoms with Crippen molar-refractivity contribution in [3.63, 3.8) is 0 Å². The zero-order valence-corrected chi connectivity index (χ0v) is 62.1. The van der Waals surface area contributed by atoms with Gasteiger partial charge in [-0.15, -0.1) is 10.2 Å². The number of aliphatic carboxylic acids is 1. The van der Waals surface area contributed by atoms with Crippen molar-refractivity contribution in [3.05, 3.63) is 126 Å². The maximum atomic E-state index is 14.2. The van der Waals surface area contributed by atoms with Crippen LogP contribution in [-0.4, -0.2) is 206 Å². The lowest BCUT2D eigenvalue weighted by Crippen LogP contribution is -2.55. The minimum Gasteiger partial charge on any atom is -0.480 e. The van der Waals surface area contributed by atoms with E-state index < -0.39 is 67.3 Å². The number of phosphoric ester groups is 1. The standard InChI is InChI=1S/C76H95N14O17P/c1-46(2)68(72(94)89-44-55(91)36-63(89)71(93)79-47(3)50-18-14-48(41-77)15-19-50)65-40-67(85-106-65)102-34-33-87-31-25-56(26-32-87)104-57-37-58(38-57)105-66-35-52(24-29-78-66)90-53-22-23-54(90)43-88(42-53)62-39-61(59-11-6-7-13-64(59)107-108(99,100)101)83-84-69(62)82-75(98)103-45-49-16-20-51(21-17-49)80-70(92)60(12-8-9-30-86(4)5)81-73(95)76(74(96)97)27-10-28-76/h6-7,11,13-21,24,29,35,39-40,46-47,53-58,60,63,68,91H,8-10,12,22-23,25-28,30-34,36-38,42-45H2,1-5H3,(H,79,93)(H,80,92)(H,81,95)(H,96,97)(H,82,84,98)(H2,99,100,101)/t47-,53?,54?,55-,57?,58?,60+,63+,68-/m1/s1. The highest BCUT2D eigenvalue weighted by molar-refractivity contribution is 7.46. The molecule has 4 saturated heterocycles. The fourth-order valence-electron chi connectivity index (χ4n) is 15.1. The molecule has 0 spiro atoms. The highest BCUT2D eigenvalue weighted by atomic mass is 31.2. The molecule has 2 aliphatic carbocycles. The van der Waals surface area contributed by atoms with Crippen LogP contribution >= 0.6 is 7.82 Å². The minimum absolute atomic E-state index is 0.000424. The molecule has 6 aliphatic rings. The number of nitrogens with one attached hydrogen (secondary N) is 4. The Balaban J connectivity index is 0.604. The molecule has 32 heteroatoms. The van der Waals surface area contributed by atoms with Gasteiger partial charge in [0.25, 0.3) is 5.88 Å². The number of carboxylic acids is 1. The van der Waals surface area contributed by atoms with Gasteiger partial charge in [-0.1, -0.05) is 56.7 Å². The maximum Gasteiger partial charge on any atom is 0.524 e. The van der Waals surface area contributed by atoms with E-state index in [9.17, 15) is 58.6 Å². The topological polar surface area (TPSA) is 399 Å². The molecule has 7 atom stereocenters. The van der Waals surface area contributed by atoms with Gasteiger partial charge in [-0.25, -0.2) is 14.3 Å². The number of likely N-dealkylation sites (tertiary alicyclic amines) is 2. The Bertz CT molecular complexity index is 4240. The molecule has 6 fully saturated rings. The first-order valence-electron chi connectivity index (χ1n) is 37.0. The second-order valence-corrected chi connectivity index (χ2v) is 30.7. The summed E-state index contributed by atoms with van der Waals surface area (Å²) >= 11 is 0. The van der Waals surface area contributed by atoms with Crippen molar-refractivity contribution >= 4 is 66.4 Å². The van der Waals surface area contributed by atoms with E-state index in [0.29, 0.717) is 79.6 Å². The number of nitrogens with zero attached hydrogens (tertiary/aromatic N) is 10. The lowest BCUT2D eigenvalue weighted by atomic mass is 9.68. The lowest BCUT2D eigenvalue weighted by Gasteiger charge is -2.44. The number of ether oxygens (including phenoxy) is 4. The van der Waals surface area contributed by atoms with E-state index in [1.165, 1.54) is 11.0 Å². The van der Waals surface area contributed by atoms with E-state index in [4.69, 9.17) is 28.0 Å². The molecular formula is C76H95N14O17P. The van der Waals surface area contributed by atoms with Crippen molar-refractivity contribution in [2.75, 3.05) is 86.9 Å². The number of aliphatic hydroxyl groups is 1. The number of nitriles is 1. The van der Waals surface area contributed by atoms with Gasteiger partial charge in [-0.3, -0.25) is 44.0 Å². The van der Waals surface area contributed by atoms with Crippen molar-refractivity contribution in [3.8, 4) is 34.8 Å². The summed E-state index contributed by atoms with van der Waals surface area (Å²) in [6.07, 6.45) is 7.76. The number of piperazine rings is 1. The molecule has 12 rings (SSSR count). The van der Waals surface area contributed by atoms with Crippen LogP contribution in [0.5, 0.6) is 17.5 Å². The van der Waals surface area contributed by atoms with Gasteiger partial charge < -0.3 is 73.8 Å². The summed E-state index contributed by atoms with van der Waals surface area (Å²) in [7, 11) is -1.11. The molecule has 3 aromatic heterocycles. The molecule has 3 aromatic carbocycles. The first-order chi connectivity index (χ1) is 51.8. The number of benzene rings is 3. The van der Waals surface area contributed by atoms with E-state index in [1.807, 2.05) is 51.9 Å². The van der Waals surface area contributed by atoms with Crippen LogP contribution in [0, 0.1) is 22.7 Å². The highest BCUT2D eigenvalue weighted by Crippen LogP contribution is 2.46. The Hall–Kier alpha value is -9.80. The number of carbonyl (C=O) groups excluding carboxylic acids is 5. The van der Waals surface area contributed by atoms with Gasteiger partial charge in [0, 0.05) is 106 Å². The summed E-state index contributed by atoms with van der Waals surface area (Å²) < 4.78 is 47.7. The lowest BCUT2D eigenvalue weighted by molar-refractivity contribution is -0.162. The van der Waals surface area contributed by atoms with E-state index in [1.54, 1.807) is 85.1 Å². The number of hydrogen-bond donors (Lipinski definition) is 8. The Labute approximate surface area is 626 Å². The van der Waals surface area contributed by atoms with Crippen LogP contribution in [0.25, 0.3) is 11.3 Å². The number of fused-ring (bicyclic) bond motifs is 2. The fraction of sp³-hybridized carbons (Fsp3) is 0.513. The maximum absolute atomic E-state index is 14.2. The van der Waals surface area contributed by atoms with E-state index in [2.05, 4.69) is 62.4 Å². The second kappa shape index (κ2) is 34.6. The number of hydrogen-bond acceptors (Lipinski definition) is 23. The molecule has 31 nitrogen and oxygen atoms in total. The molecule has 8 N–H and O–H groups in total. The molecule has 108 heavy (non-hydrogen) atoms. The van der Waals surface area contributed by atoms with Crippen molar-refractivity contribution in [1.82, 2.24) is 45.7 Å². The van der Waals surface area contributed by atoms with Crippen molar-refractivity contribution in [1.29, 1.82) is 5.26 Å². The zero-order valence-electron chi connectivity index (χ0n) is 61.2. The Morgan fingerprint density at radius 1 is 0.824 bits per heavy atom. The largest absolute Gasteiger partial charge is 0.524 e. The predicted molar refractivity (Wildman–Crippen MR) is 394 cm³/mol. The molecule has 6 aromatic rings. The Kier molecular flexibility index (Phi) is 24.9. The number of unbranched alkanes of at least 4 members (excludes halogenated alkanes) is 1. The highest BCUT2D eigenvalue weighted by Gasteiger charge is 2.52. The zero-order chi connectivity index (χ0) is 76.4. The molecule has 0 radical (unpaired) electrons. The number of carbonyl (C=O) groups is 6. The number of anilines is 4. The molecule has 2 bridgehead atoms. The monoisotopic (exact) mass is 1510 g/mol. The number of pyridine rings is 1. The number of carboxylic acid groups (broad SMARTS) is 1. The number of aromatic nitrogens is 4. The first-order valence-corrected chi connectivity index (χ1v) is 38.6. The number of piperidine rings is 1. The molecule has 2 unspecified atom stereocenters. The van der Waals surface area contributed by atoms with Gasteiger partial charge in [0.2, 0.25) is 29.5 Å². The van der Waals surface area contributed by atoms with Gasteiger partial charge in [-0.2, -0.15) is 5.26 Å². The molecule has 5 amide bonds. The average molecular weight is 1510 g/mol. The average Bonchev–Trinajstić information content (AvgIpc) is 1.64. The van der Waals surface area contributed by atoms with Gasteiger partial charge in [0.1, 0.15) is 48.5 Å². The smallest absolute Gasteiger partial charge is 0.480 e. The quantitative estimate of drug-likeness (QED) is 0.0113. The number of phosphoric acid groups is 1. The van der Waals surface area contributed by atoms with Crippen molar-refractivity contribution < 1.29 is 81.3 Å². The van der Waals surface area contributed by atoms with Crippen molar-refractivity contribution in [2.45, 2.75) is 171 Å². The first kappa shape index (κ1) is 77.8. The van der Waals surface area contributed by atoms with E-state index >= 15 is 0 Å². The molecule has 4 aliphatic heterocycles. The van der Waals surface area contributed by atoms with Gasteiger partial charge >= 0.3 is 19.9 Å². The third-order valence-corrected chi connectivity index (χ3v) is 21.7. The number of β-amino-alcohol motifs (C(OH)–C–C–N with tert-alkyl or cyclic N) is 1. The number of para-hydroxylation sites is 1. The second-order valence-electron chi connectivity index (χ2n) is 29.6. The fourth-order valence-corrected chi connectivity index (χ4v) is 15.6. The predicted octanol–water partition coefficient (Wildman–Crippen LogP) is 7.93. The third kappa shape index (κ3) is 19.2. The SMILES string of the molecule is CC(C)[C@@H](C(=O)N1C[C@H](O)C[C@H]1C(=O)N[C@H](C)c1ccc(C#N)cc1)c1cc(OCCN2CCC(OC3CC(Oc4cc(N5C6CCC5CN(c5cc(-c7ccccc7OP(=O)(O)O)nnc5NC(=O)OCc5ccc(NC(=O)[C@H](CCCCN(C)C)NC(=O)C7(C(=O)O)CCC7)cc5)C6)ccn4)C3)CC2)no1. The third-order valence-electron chi connectivity index (χ3n) is 21.3. The van der Waals surface area contributed by atoms with E-state index in [-0.39, 0.29) is 109 Å². The van der Waals surface area contributed by atoms with Crippen LogP contribution in [0.2, 0.25) is 0 Å². The van der Waals surface area contributed by atoms with Crippen LogP contribution in [0.4, 0.5) is 27.7 Å². The van der Waals surface area contributed by atoms with Crippen LogP contribution in [0.1, 0.15) is 139 Å². The number of amides is 5. The number of rotatable bonds is 32. The van der Waals surface area contributed by atoms with Crippen LogP contribution in [-0.2, 0) is 44.6 Å². The normalized spacial score (nSPS) is 21.4. The molecule has 7 heterocycles. The number of aliphatic hydroxyl groups excluding tert-OH is 1. The summed E-state index contributed by atoms with van der Waals surface area (Å²) in [6.45, 7) is 9.81. The summed E-state index contributed by atoms with van der Waals surface area (Å²) in [5, 5.41) is 54.1.